The van der Waals surface area contributed by atoms with Gasteiger partial charge in [-0.05, 0) is 32.1 Å². The highest BCUT2D eigenvalue weighted by molar-refractivity contribution is 6.20. The lowest BCUT2D eigenvalue weighted by atomic mass is 9.85. The van der Waals surface area contributed by atoms with Crippen LogP contribution in [0.2, 0.25) is 0 Å². The average Bonchev–Trinajstić information content (AvgIpc) is 2.09. The maximum Gasteiger partial charge on any atom is 0.0546 e. The smallest absolute Gasteiger partial charge is 0.0546 e. The molecule has 0 amide bonds. The second-order valence-corrected chi connectivity index (χ2v) is 4.40. The van der Waals surface area contributed by atoms with Crippen molar-refractivity contribution in [3.63, 3.8) is 0 Å². The molecule has 0 radical (unpaired) electrons. The lowest BCUT2D eigenvalue weighted by Gasteiger charge is -2.28. The first kappa shape index (κ1) is 10.3. The third-order valence-electron chi connectivity index (χ3n) is 2.85. The summed E-state index contributed by atoms with van der Waals surface area (Å²) in [6, 6.07) is 0. The van der Waals surface area contributed by atoms with E-state index in [1.54, 1.807) is 7.11 Å². The normalized spacial score (nSPS) is 33.2. The molecular weight excluding hydrogens is 172 g/mol. The highest BCUT2D eigenvalue weighted by Crippen LogP contribution is 2.32. The van der Waals surface area contributed by atoms with Gasteiger partial charge in [-0.3, -0.25) is 0 Å². The molecule has 0 bridgehead atoms. The SMILES string of the molecule is COC(C)CC1CCCCC1Cl. The Hall–Kier alpha value is 0.250. The molecule has 0 aromatic heterocycles. The van der Waals surface area contributed by atoms with Crippen LogP contribution in [0.1, 0.15) is 39.0 Å². The molecular formula is C10H19ClO. The molecule has 12 heavy (non-hydrogen) atoms. The summed E-state index contributed by atoms with van der Waals surface area (Å²) >= 11 is 6.23. The molecule has 2 heteroatoms. The zero-order valence-electron chi connectivity index (χ0n) is 8.05. The molecule has 3 atom stereocenters. The molecule has 0 N–H and O–H groups in total. The van der Waals surface area contributed by atoms with Crippen LogP contribution in [0, 0.1) is 5.92 Å². The second-order valence-electron chi connectivity index (χ2n) is 3.84. The van der Waals surface area contributed by atoms with Gasteiger partial charge >= 0.3 is 0 Å². The van der Waals surface area contributed by atoms with Gasteiger partial charge in [0.05, 0.1) is 6.10 Å². The van der Waals surface area contributed by atoms with Gasteiger partial charge in [-0.2, -0.15) is 0 Å². The molecule has 0 spiro atoms. The van der Waals surface area contributed by atoms with Crippen molar-refractivity contribution in [2.45, 2.75) is 50.5 Å². The van der Waals surface area contributed by atoms with Crippen molar-refractivity contribution in [2.75, 3.05) is 7.11 Å². The largest absolute Gasteiger partial charge is 0.382 e. The van der Waals surface area contributed by atoms with Gasteiger partial charge in [0.15, 0.2) is 0 Å². The zero-order chi connectivity index (χ0) is 8.97. The minimum absolute atomic E-state index is 0.370. The molecule has 0 heterocycles. The fraction of sp³-hybridized carbons (Fsp3) is 1.00. The topological polar surface area (TPSA) is 9.23 Å². The Balaban J connectivity index is 2.28. The molecule has 1 nitrogen and oxygen atoms in total. The van der Waals surface area contributed by atoms with Gasteiger partial charge in [0.25, 0.3) is 0 Å². The first-order chi connectivity index (χ1) is 5.74. The number of hydrogen-bond acceptors (Lipinski definition) is 1. The maximum absolute atomic E-state index is 6.23. The Morgan fingerprint density at radius 3 is 2.67 bits per heavy atom. The van der Waals surface area contributed by atoms with E-state index < -0.39 is 0 Å². The predicted octanol–water partition coefficient (Wildman–Crippen LogP) is 3.21. The number of rotatable bonds is 3. The van der Waals surface area contributed by atoms with Gasteiger partial charge in [-0.1, -0.05) is 12.8 Å². The molecule has 1 rings (SSSR count). The van der Waals surface area contributed by atoms with Crippen molar-refractivity contribution in [3.8, 4) is 0 Å². The summed E-state index contributed by atoms with van der Waals surface area (Å²) in [5.41, 5.74) is 0. The molecule has 0 aliphatic heterocycles. The highest BCUT2D eigenvalue weighted by atomic mass is 35.5. The van der Waals surface area contributed by atoms with Crippen LogP contribution in [0.4, 0.5) is 0 Å². The van der Waals surface area contributed by atoms with Gasteiger partial charge in [0.1, 0.15) is 0 Å². The number of alkyl halides is 1. The first-order valence-electron chi connectivity index (χ1n) is 4.91. The fourth-order valence-electron chi connectivity index (χ4n) is 1.95. The van der Waals surface area contributed by atoms with Crippen molar-refractivity contribution in [3.05, 3.63) is 0 Å². The molecule has 72 valence electrons. The van der Waals surface area contributed by atoms with E-state index in [1.807, 2.05) is 0 Å². The monoisotopic (exact) mass is 190 g/mol. The molecule has 1 aliphatic rings. The summed E-state index contributed by atoms with van der Waals surface area (Å²) in [6.07, 6.45) is 6.65. The average molecular weight is 191 g/mol. The molecule has 0 aromatic rings. The van der Waals surface area contributed by atoms with Gasteiger partial charge in [-0.25, -0.2) is 0 Å². The molecule has 1 saturated carbocycles. The van der Waals surface area contributed by atoms with Gasteiger partial charge in [0, 0.05) is 12.5 Å². The van der Waals surface area contributed by atoms with Crippen molar-refractivity contribution in [1.29, 1.82) is 0 Å². The van der Waals surface area contributed by atoms with Crippen molar-refractivity contribution in [1.82, 2.24) is 0 Å². The second kappa shape index (κ2) is 5.08. The van der Waals surface area contributed by atoms with E-state index in [2.05, 4.69) is 6.92 Å². The van der Waals surface area contributed by atoms with Crippen LogP contribution >= 0.6 is 11.6 Å². The number of methoxy groups -OCH3 is 1. The Labute approximate surface area is 80.4 Å². The van der Waals surface area contributed by atoms with E-state index in [0.29, 0.717) is 17.4 Å². The number of ether oxygens (including phenoxy) is 1. The van der Waals surface area contributed by atoms with Crippen molar-refractivity contribution in [2.24, 2.45) is 5.92 Å². The standard InChI is InChI=1S/C10H19ClO/c1-8(12-2)7-9-5-3-4-6-10(9)11/h8-10H,3-7H2,1-2H3. The summed E-state index contributed by atoms with van der Waals surface area (Å²) in [6.45, 7) is 2.12. The van der Waals surface area contributed by atoms with Crippen LogP contribution in [-0.2, 0) is 4.74 Å². The van der Waals surface area contributed by atoms with Crippen molar-refractivity contribution >= 4 is 11.6 Å². The Kier molecular flexibility index (Phi) is 4.38. The van der Waals surface area contributed by atoms with Crippen LogP contribution in [0.25, 0.3) is 0 Å². The van der Waals surface area contributed by atoms with Crippen LogP contribution in [-0.4, -0.2) is 18.6 Å². The quantitative estimate of drug-likeness (QED) is 0.621. The molecule has 1 fully saturated rings. The lowest BCUT2D eigenvalue weighted by molar-refractivity contribution is 0.0887. The van der Waals surface area contributed by atoms with Crippen LogP contribution in [0.3, 0.4) is 0 Å². The van der Waals surface area contributed by atoms with E-state index >= 15 is 0 Å². The third-order valence-corrected chi connectivity index (χ3v) is 3.43. The summed E-state index contributed by atoms with van der Waals surface area (Å²) in [4.78, 5) is 0. The Bertz CT molecular complexity index is 127. The molecule has 3 unspecified atom stereocenters. The predicted molar refractivity (Wildman–Crippen MR) is 52.7 cm³/mol. The van der Waals surface area contributed by atoms with E-state index in [9.17, 15) is 0 Å². The number of hydrogen-bond donors (Lipinski definition) is 0. The summed E-state index contributed by atoms with van der Waals surface area (Å²) in [7, 11) is 1.77. The minimum Gasteiger partial charge on any atom is -0.382 e. The first-order valence-corrected chi connectivity index (χ1v) is 5.34. The third kappa shape index (κ3) is 2.95. The fourth-order valence-corrected chi connectivity index (χ4v) is 2.33. The summed E-state index contributed by atoms with van der Waals surface area (Å²) in [5.74, 6) is 0.690. The molecule has 0 aromatic carbocycles. The highest BCUT2D eigenvalue weighted by Gasteiger charge is 2.24. The lowest BCUT2D eigenvalue weighted by Crippen LogP contribution is -2.24. The maximum atomic E-state index is 6.23. The van der Waals surface area contributed by atoms with Crippen LogP contribution in [0.5, 0.6) is 0 Å². The van der Waals surface area contributed by atoms with Crippen molar-refractivity contribution < 1.29 is 4.74 Å². The molecule has 0 saturated heterocycles. The van der Waals surface area contributed by atoms with Crippen LogP contribution in [0.15, 0.2) is 0 Å². The van der Waals surface area contributed by atoms with Gasteiger partial charge < -0.3 is 4.74 Å². The summed E-state index contributed by atoms with van der Waals surface area (Å²) < 4.78 is 5.24. The Morgan fingerprint density at radius 1 is 1.42 bits per heavy atom. The Morgan fingerprint density at radius 2 is 2.08 bits per heavy atom. The van der Waals surface area contributed by atoms with Gasteiger partial charge in [0.2, 0.25) is 0 Å². The van der Waals surface area contributed by atoms with E-state index in [-0.39, 0.29) is 0 Å². The zero-order valence-corrected chi connectivity index (χ0v) is 8.81. The van der Waals surface area contributed by atoms with Crippen LogP contribution < -0.4 is 0 Å². The minimum atomic E-state index is 0.370. The summed E-state index contributed by atoms with van der Waals surface area (Å²) in [5, 5.41) is 0.399. The van der Waals surface area contributed by atoms with Gasteiger partial charge in [-0.15, -0.1) is 11.6 Å². The van der Waals surface area contributed by atoms with E-state index in [4.69, 9.17) is 16.3 Å². The van der Waals surface area contributed by atoms with E-state index in [0.717, 1.165) is 6.42 Å². The number of halogens is 1. The van der Waals surface area contributed by atoms with E-state index in [1.165, 1.54) is 25.7 Å². The molecule has 1 aliphatic carbocycles.